The van der Waals surface area contributed by atoms with Crippen molar-refractivity contribution in [2.24, 2.45) is 10.9 Å². The van der Waals surface area contributed by atoms with Gasteiger partial charge in [0.15, 0.2) is 0 Å². The minimum absolute atomic E-state index is 0.733. The third-order valence-electron chi connectivity index (χ3n) is 1.76. The highest BCUT2D eigenvalue weighted by atomic mass is 16.5. The number of nitrogens with two attached hydrogens (primary N) is 1. The number of rotatable bonds is 3. The Kier molecular flexibility index (Phi) is 3.25. The van der Waals surface area contributed by atoms with E-state index in [1.807, 2.05) is 19.1 Å². The largest absolute Gasteiger partial charge is 0.495 e. The van der Waals surface area contributed by atoms with Gasteiger partial charge < -0.3 is 10.6 Å². The Bertz CT molecular complexity index is 292. The van der Waals surface area contributed by atoms with Gasteiger partial charge in [0.2, 0.25) is 0 Å². The Morgan fingerprint density at radius 1 is 1.62 bits per heavy atom. The number of hydrogen-bond donors (Lipinski definition) is 1. The van der Waals surface area contributed by atoms with Crippen LogP contribution in [-0.4, -0.2) is 17.8 Å². The first-order valence-corrected chi connectivity index (χ1v) is 4.09. The first kappa shape index (κ1) is 9.51. The van der Waals surface area contributed by atoms with Gasteiger partial charge in [-0.15, -0.1) is 0 Å². The first-order valence-electron chi connectivity index (χ1n) is 4.09. The van der Waals surface area contributed by atoms with Crippen LogP contribution in [-0.2, 0) is 0 Å². The zero-order chi connectivity index (χ0) is 9.68. The molecular formula is C9H13N3O. The average molecular weight is 179 g/mol. The summed E-state index contributed by atoms with van der Waals surface area (Å²) in [5.74, 6) is 5.94. The summed E-state index contributed by atoms with van der Waals surface area (Å²) in [4.78, 5) is 4.16. The number of aromatic nitrogens is 1. The lowest BCUT2D eigenvalue weighted by atomic mass is 10.2. The van der Waals surface area contributed by atoms with E-state index in [1.165, 1.54) is 0 Å². The van der Waals surface area contributed by atoms with Crippen LogP contribution in [0.1, 0.15) is 19.0 Å². The molecule has 0 unspecified atom stereocenters. The van der Waals surface area contributed by atoms with E-state index in [-0.39, 0.29) is 0 Å². The zero-order valence-electron chi connectivity index (χ0n) is 7.82. The lowest BCUT2D eigenvalue weighted by Gasteiger charge is -2.02. The van der Waals surface area contributed by atoms with Crippen molar-refractivity contribution in [2.45, 2.75) is 13.3 Å². The molecule has 0 radical (unpaired) electrons. The molecule has 1 rings (SSSR count). The van der Waals surface area contributed by atoms with Crippen molar-refractivity contribution in [1.29, 1.82) is 0 Å². The van der Waals surface area contributed by atoms with Crippen LogP contribution in [0, 0.1) is 0 Å². The summed E-state index contributed by atoms with van der Waals surface area (Å²) in [5, 5.41) is 3.65. The smallest absolute Gasteiger partial charge is 0.137 e. The van der Waals surface area contributed by atoms with Gasteiger partial charge in [-0.25, -0.2) is 0 Å². The number of ether oxygens (including phenoxy) is 1. The Labute approximate surface area is 77.4 Å². The molecule has 0 saturated carbocycles. The number of pyridine rings is 1. The van der Waals surface area contributed by atoms with E-state index in [0.29, 0.717) is 0 Å². The summed E-state index contributed by atoms with van der Waals surface area (Å²) in [7, 11) is 1.61. The van der Waals surface area contributed by atoms with E-state index in [2.05, 4.69) is 10.1 Å². The highest BCUT2D eigenvalue weighted by Gasteiger charge is 2.01. The monoisotopic (exact) mass is 179 g/mol. The zero-order valence-corrected chi connectivity index (χ0v) is 7.82. The summed E-state index contributed by atoms with van der Waals surface area (Å²) in [5.41, 5.74) is 1.59. The topological polar surface area (TPSA) is 60.5 Å². The van der Waals surface area contributed by atoms with Crippen molar-refractivity contribution in [3.63, 3.8) is 0 Å². The van der Waals surface area contributed by atoms with Gasteiger partial charge >= 0.3 is 0 Å². The summed E-state index contributed by atoms with van der Waals surface area (Å²) in [6.45, 7) is 1.98. The summed E-state index contributed by atoms with van der Waals surface area (Å²) in [6.07, 6.45) is 2.42. The summed E-state index contributed by atoms with van der Waals surface area (Å²) >= 11 is 0. The van der Waals surface area contributed by atoms with Crippen LogP contribution in [0.3, 0.4) is 0 Å². The molecule has 0 aromatic carbocycles. The van der Waals surface area contributed by atoms with Crippen LogP contribution in [0.5, 0.6) is 5.75 Å². The SMILES string of the molecule is CC/C(=N/N)c1ccc(OC)cn1. The Morgan fingerprint density at radius 2 is 2.38 bits per heavy atom. The molecule has 13 heavy (non-hydrogen) atoms. The number of hydrogen-bond acceptors (Lipinski definition) is 4. The van der Waals surface area contributed by atoms with Gasteiger partial charge in [-0.3, -0.25) is 4.98 Å². The van der Waals surface area contributed by atoms with E-state index in [4.69, 9.17) is 10.6 Å². The molecule has 0 amide bonds. The Hall–Kier alpha value is -1.58. The van der Waals surface area contributed by atoms with E-state index in [1.54, 1.807) is 13.3 Å². The van der Waals surface area contributed by atoms with E-state index >= 15 is 0 Å². The average Bonchev–Trinajstić information content (AvgIpc) is 2.21. The minimum atomic E-state index is 0.733. The standard InChI is InChI=1S/C9H13N3O/c1-3-8(12-10)9-5-4-7(13-2)6-11-9/h4-6H,3,10H2,1-2H3/b12-8-. The second kappa shape index (κ2) is 4.45. The third kappa shape index (κ3) is 2.18. The quantitative estimate of drug-likeness (QED) is 0.430. The highest BCUT2D eigenvalue weighted by Crippen LogP contribution is 2.09. The van der Waals surface area contributed by atoms with Gasteiger partial charge in [0, 0.05) is 0 Å². The second-order valence-electron chi connectivity index (χ2n) is 2.51. The number of hydrazone groups is 1. The molecule has 0 fully saturated rings. The van der Waals surface area contributed by atoms with Gasteiger partial charge in [-0.2, -0.15) is 5.10 Å². The van der Waals surface area contributed by atoms with Gasteiger partial charge in [0.25, 0.3) is 0 Å². The van der Waals surface area contributed by atoms with Crippen molar-refractivity contribution in [1.82, 2.24) is 4.98 Å². The predicted octanol–water partition coefficient (Wildman–Crippen LogP) is 1.16. The van der Waals surface area contributed by atoms with Crippen LogP contribution in [0.15, 0.2) is 23.4 Å². The Balaban J connectivity index is 2.91. The molecule has 0 atom stereocenters. The van der Waals surface area contributed by atoms with E-state index < -0.39 is 0 Å². The van der Waals surface area contributed by atoms with Crippen LogP contribution in [0.2, 0.25) is 0 Å². The third-order valence-corrected chi connectivity index (χ3v) is 1.76. The molecule has 1 aromatic rings. The summed E-state index contributed by atoms with van der Waals surface area (Å²) < 4.78 is 4.98. The molecule has 1 heterocycles. The lowest BCUT2D eigenvalue weighted by Crippen LogP contribution is -2.04. The molecule has 70 valence electrons. The summed E-state index contributed by atoms with van der Waals surface area (Å²) in [6, 6.07) is 3.68. The molecule has 0 spiro atoms. The van der Waals surface area contributed by atoms with Crippen LogP contribution in [0.4, 0.5) is 0 Å². The maximum absolute atomic E-state index is 5.20. The molecule has 0 aliphatic carbocycles. The van der Waals surface area contributed by atoms with Gasteiger partial charge in [0.05, 0.1) is 24.7 Å². The highest BCUT2D eigenvalue weighted by molar-refractivity contribution is 5.98. The normalized spacial score (nSPS) is 11.4. The minimum Gasteiger partial charge on any atom is -0.495 e. The molecule has 0 aliphatic heterocycles. The van der Waals surface area contributed by atoms with Crippen molar-refractivity contribution in [3.05, 3.63) is 24.0 Å². The van der Waals surface area contributed by atoms with Crippen molar-refractivity contribution >= 4 is 5.71 Å². The van der Waals surface area contributed by atoms with Gasteiger partial charge in [-0.1, -0.05) is 6.92 Å². The lowest BCUT2D eigenvalue weighted by molar-refractivity contribution is 0.413. The van der Waals surface area contributed by atoms with Crippen LogP contribution in [0.25, 0.3) is 0 Å². The van der Waals surface area contributed by atoms with Gasteiger partial charge in [-0.05, 0) is 18.6 Å². The molecular weight excluding hydrogens is 166 g/mol. The Morgan fingerprint density at radius 3 is 2.77 bits per heavy atom. The fraction of sp³-hybridized carbons (Fsp3) is 0.333. The second-order valence-corrected chi connectivity index (χ2v) is 2.51. The van der Waals surface area contributed by atoms with Crippen molar-refractivity contribution in [3.8, 4) is 5.75 Å². The molecule has 4 heteroatoms. The molecule has 0 aliphatic rings. The molecule has 0 bridgehead atoms. The molecule has 2 N–H and O–H groups in total. The number of nitrogens with zero attached hydrogens (tertiary/aromatic N) is 2. The fourth-order valence-corrected chi connectivity index (χ4v) is 1.01. The first-order chi connectivity index (χ1) is 6.31. The van der Waals surface area contributed by atoms with Crippen LogP contribution < -0.4 is 10.6 Å². The predicted molar refractivity (Wildman–Crippen MR) is 51.8 cm³/mol. The molecule has 0 saturated heterocycles. The molecule has 4 nitrogen and oxygen atoms in total. The van der Waals surface area contributed by atoms with E-state index in [9.17, 15) is 0 Å². The van der Waals surface area contributed by atoms with Crippen LogP contribution >= 0.6 is 0 Å². The number of methoxy groups -OCH3 is 1. The van der Waals surface area contributed by atoms with Gasteiger partial charge in [0.1, 0.15) is 5.75 Å². The maximum Gasteiger partial charge on any atom is 0.137 e. The molecule has 1 aromatic heterocycles. The van der Waals surface area contributed by atoms with E-state index in [0.717, 1.165) is 23.6 Å². The fourth-order valence-electron chi connectivity index (χ4n) is 1.01. The van der Waals surface area contributed by atoms with Crippen molar-refractivity contribution in [2.75, 3.05) is 7.11 Å². The maximum atomic E-state index is 5.20. The van der Waals surface area contributed by atoms with Crippen molar-refractivity contribution < 1.29 is 4.74 Å².